The molecule has 0 aromatic heterocycles. The van der Waals surface area contributed by atoms with Crippen molar-refractivity contribution in [3.63, 3.8) is 0 Å². The van der Waals surface area contributed by atoms with Crippen molar-refractivity contribution in [3.8, 4) is 0 Å². The molecule has 3 nitrogen and oxygen atoms in total. The minimum atomic E-state index is -0.532. The highest BCUT2D eigenvalue weighted by atomic mass is 16.7. The summed E-state index contributed by atoms with van der Waals surface area (Å²) in [5, 5.41) is 0. The van der Waals surface area contributed by atoms with Crippen LogP contribution in [0.3, 0.4) is 0 Å². The molecule has 2 rings (SSSR count). The van der Waals surface area contributed by atoms with Crippen LogP contribution in [0.15, 0.2) is 0 Å². The van der Waals surface area contributed by atoms with Gasteiger partial charge in [-0.15, -0.1) is 0 Å². The molecule has 0 N–H and O–H groups in total. The first-order valence-corrected chi connectivity index (χ1v) is 3.04. The molecule has 0 saturated heterocycles. The van der Waals surface area contributed by atoms with E-state index in [-0.39, 0.29) is 5.60 Å². The summed E-state index contributed by atoms with van der Waals surface area (Å²) in [5.74, 6) is 0.677. The minimum absolute atomic E-state index is 0.0346. The first-order chi connectivity index (χ1) is 4.27. The lowest BCUT2D eigenvalue weighted by molar-refractivity contribution is 0.0477. The van der Waals surface area contributed by atoms with Crippen LogP contribution in [0.2, 0.25) is 0 Å². The van der Waals surface area contributed by atoms with E-state index in [2.05, 4.69) is 4.74 Å². The Labute approximate surface area is 52.9 Å². The third-order valence-electron chi connectivity index (χ3n) is 2.06. The fourth-order valence-electron chi connectivity index (χ4n) is 1.03. The molecule has 0 spiro atoms. The van der Waals surface area contributed by atoms with Crippen LogP contribution < -0.4 is 0 Å². The van der Waals surface area contributed by atoms with E-state index >= 15 is 0 Å². The molecule has 0 amide bonds. The molecular weight excluding hydrogens is 120 g/mol. The van der Waals surface area contributed by atoms with Crippen molar-refractivity contribution in [2.75, 3.05) is 7.11 Å². The molecular formula is C6H8O3. The van der Waals surface area contributed by atoms with Gasteiger partial charge in [0.25, 0.3) is 0 Å². The van der Waals surface area contributed by atoms with Gasteiger partial charge in [-0.3, -0.25) is 0 Å². The monoisotopic (exact) mass is 128 g/mol. The molecule has 2 saturated carbocycles. The van der Waals surface area contributed by atoms with Crippen molar-refractivity contribution in [1.29, 1.82) is 0 Å². The van der Waals surface area contributed by atoms with Crippen molar-refractivity contribution in [2.24, 2.45) is 5.92 Å². The molecule has 2 aliphatic rings. The second-order valence-corrected chi connectivity index (χ2v) is 2.73. The average Bonchev–Trinajstić information content (AvgIpc) is 2.54. The number of carbonyl (C=O) groups excluding carboxylic acids is 1. The van der Waals surface area contributed by atoms with Crippen molar-refractivity contribution in [1.82, 2.24) is 0 Å². The Kier molecular flexibility index (Phi) is 0.693. The summed E-state index contributed by atoms with van der Waals surface area (Å²) in [6.45, 7) is 0. The Morgan fingerprint density at radius 2 is 2.22 bits per heavy atom. The summed E-state index contributed by atoms with van der Waals surface area (Å²) in [5.41, 5.74) is -0.0346. The number of methoxy groups -OCH3 is 1. The number of hydrogen-bond donors (Lipinski definition) is 0. The van der Waals surface area contributed by atoms with Gasteiger partial charge in [0, 0.05) is 5.92 Å². The van der Waals surface area contributed by atoms with Crippen LogP contribution in [0, 0.1) is 5.92 Å². The maximum Gasteiger partial charge on any atom is 0.508 e. The third kappa shape index (κ3) is 0.605. The summed E-state index contributed by atoms with van der Waals surface area (Å²) in [6, 6.07) is 0. The van der Waals surface area contributed by atoms with Gasteiger partial charge < -0.3 is 9.47 Å². The molecule has 0 aromatic rings. The number of carbonyl (C=O) groups is 1. The van der Waals surface area contributed by atoms with Gasteiger partial charge in [-0.25, -0.2) is 4.79 Å². The Bertz CT molecular complexity index is 158. The second-order valence-electron chi connectivity index (χ2n) is 2.73. The Morgan fingerprint density at radius 3 is 2.56 bits per heavy atom. The third-order valence-corrected chi connectivity index (χ3v) is 2.06. The van der Waals surface area contributed by atoms with E-state index in [4.69, 9.17) is 4.74 Å². The maximum atomic E-state index is 10.4. The molecule has 0 bridgehead atoms. The number of rotatable bonds is 1. The largest absolute Gasteiger partial charge is 0.508 e. The Hall–Kier alpha value is -0.730. The van der Waals surface area contributed by atoms with Gasteiger partial charge in [0.2, 0.25) is 0 Å². The average molecular weight is 128 g/mol. The van der Waals surface area contributed by atoms with Crippen LogP contribution in [-0.4, -0.2) is 18.9 Å². The lowest BCUT2D eigenvalue weighted by Crippen LogP contribution is -2.10. The van der Waals surface area contributed by atoms with Gasteiger partial charge in [-0.05, 0) is 12.8 Å². The second kappa shape index (κ2) is 1.23. The fourth-order valence-corrected chi connectivity index (χ4v) is 1.03. The van der Waals surface area contributed by atoms with Gasteiger partial charge in [0.05, 0.1) is 7.11 Å². The highest BCUT2D eigenvalue weighted by molar-refractivity contribution is 5.62. The normalized spacial score (nSPS) is 43.0. The molecule has 0 atom stereocenters. The van der Waals surface area contributed by atoms with Crippen LogP contribution in [-0.2, 0) is 9.47 Å². The Morgan fingerprint density at radius 1 is 1.67 bits per heavy atom. The van der Waals surface area contributed by atoms with E-state index in [1.807, 2.05) is 0 Å². The minimum Gasteiger partial charge on any atom is -0.438 e. The van der Waals surface area contributed by atoms with Crippen LogP contribution in [0.1, 0.15) is 12.8 Å². The molecule has 9 heavy (non-hydrogen) atoms. The first kappa shape index (κ1) is 5.09. The lowest BCUT2D eigenvalue weighted by atomic mass is 10.4. The fraction of sp³-hybridized carbons (Fsp3) is 0.833. The quantitative estimate of drug-likeness (QED) is 0.493. The predicted octanol–water partition coefficient (Wildman–Crippen LogP) is 0.932. The van der Waals surface area contributed by atoms with Gasteiger partial charge in [0.1, 0.15) is 5.60 Å². The van der Waals surface area contributed by atoms with Crippen LogP contribution >= 0.6 is 0 Å². The van der Waals surface area contributed by atoms with E-state index in [1.54, 1.807) is 0 Å². The number of ether oxygens (including phenoxy) is 2. The van der Waals surface area contributed by atoms with Crippen molar-refractivity contribution < 1.29 is 14.3 Å². The van der Waals surface area contributed by atoms with E-state index in [1.165, 1.54) is 7.11 Å². The van der Waals surface area contributed by atoms with Gasteiger partial charge >= 0.3 is 6.16 Å². The highest BCUT2D eigenvalue weighted by Gasteiger charge is 2.74. The van der Waals surface area contributed by atoms with E-state index < -0.39 is 6.16 Å². The van der Waals surface area contributed by atoms with Gasteiger partial charge in [0.15, 0.2) is 0 Å². The molecule has 2 fully saturated rings. The standard InChI is InChI=1S/C6H8O3/c1-8-5(7)9-6-2-4(6)3-6/h4H,2-3H2,1H3. The van der Waals surface area contributed by atoms with E-state index in [0.717, 1.165) is 12.8 Å². The zero-order chi connectivity index (χ0) is 6.48. The van der Waals surface area contributed by atoms with Gasteiger partial charge in [-0.2, -0.15) is 0 Å². The molecule has 0 heterocycles. The maximum absolute atomic E-state index is 10.4. The SMILES string of the molecule is COC(=O)OC12CC1C2. The summed E-state index contributed by atoms with van der Waals surface area (Å²) in [6.07, 6.45) is 1.58. The molecule has 0 aromatic carbocycles. The van der Waals surface area contributed by atoms with Gasteiger partial charge in [-0.1, -0.05) is 0 Å². The first-order valence-electron chi connectivity index (χ1n) is 3.04. The molecule has 3 heteroatoms. The van der Waals surface area contributed by atoms with E-state index in [0.29, 0.717) is 5.92 Å². The van der Waals surface area contributed by atoms with Crippen LogP contribution in [0.4, 0.5) is 4.79 Å². The summed E-state index contributed by atoms with van der Waals surface area (Å²) in [4.78, 5) is 10.4. The molecule has 50 valence electrons. The summed E-state index contributed by atoms with van der Waals surface area (Å²) in [7, 11) is 1.33. The number of hydrogen-bond acceptors (Lipinski definition) is 3. The van der Waals surface area contributed by atoms with Crippen molar-refractivity contribution in [3.05, 3.63) is 0 Å². The molecule has 0 unspecified atom stereocenters. The predicted molar refractivity (Wildman–Crippen MR) is 28.9 cm³/mol. The zero-order valence-electron chi connectivity index (χ0n) is 5.22. The number of fused-ring (bicyclic) bond motifs is 1. The zero-order valence-corrected chi connectivity index (χ0v) is 5.22. The van der Waals surface area contributed by atoms with Crippen LogP contribution in [0.25, 0.3) is 0 Å². The van der Waals surface area contributed by atoms with Crippen molar-refractivity contribution >= 4 is 6.16 Å². The highest BCUT2D eigenvalue weighted by Crippen LogP contribution is 2.69. The lowest BCUT2D eigenvalue weighted by Gasteiger charge is -2.02. The molecule has 0 radical (unpaired) electrons. The smallest absolute Gasteiger partial charge is 0.438 e. The summed E-state index contributed by atoms with van der Waals surface area (Å²) >= 11 is 0. The van der Waals surface area contributed by atoms with E-state index in [9.17, 15) is 4.79 Å². The topological polar surface area (TPSA) is 35.5 Å². The molecule has 2 aliphatic carbocycles. The van der Waals surface area contributed by atoms with Crippen LogP contribution in [0.5, 0.6) is 0 Å². The summed E-state index contributed by atoms with van der Waals surface area (Å²) < 4.78 is 9.24. The molecule has 0 aliphatic heterocycles. The van der Waals surface area contributed by atoms with Crippen molar-refractivity contribution in [2.45, 2.75) is 18.4 Å². The Balaban J connectivity index is 1.84.